The van der Waals surface area contributed by atoms with Crippen LogP contribution in [0.2, 0.25) is 10.6 Å². The second-order valence-electron chi connectivity index (χ2n) is 1.42. The molecule has 6 heteroatoms. The van der Waals surface area contributed by atoms with Gasteiger partial charge in [0, 0.05) is 0 Å². The first-order chi connectivity index (χ1) is 4.72. The first-order valence-electron chi connectivity index (χ1n) is 2.34. The van der Waals surface area contributed by atoms with Crippen LogP contribution in [-0.4, -0.2) is 15.0 Å². The van der Waals surface area contributed by atoms with Crippen LogP contribution in [0.25, 0.3) is 0 Å². The maximum Gasteiger partial charge on any atom is 0.226 e. The normalized spacial score (nSPS) is 9.90. The minimum absolute atomic E-state index is 0.0654. The molecule has 0 radical (unpaired) electrons. The Labute approximate surface area is 72.4 Å². The second-order valence-corrected chi connectivity index (χ2v) is 2.37. The molecule has 0 aliphatic heterocycles. The molecule has 10 heavy (non-hydrogen) atoms. The van der Waals surface area contributed by atoms with E-state index in [9.17, 15) is 0 Å². The van der Waals surface area contributed by atoms with Gasteiger partial charge in [0.05, 0.1) is 5.88 Å². The topological polar surface area (TPSA) is 38.7 Å². The minimum Gasteiger partial charge on any atom is -0.201 e. The van der Waals surface area contributed by atoms with E-state index in [-0.39, 0.29) is 16.4 Å². The molecule has 0 saturated carbocycles. The average molecular weight is 198 g/mol. The fraction of sp³-hybridized carbons (Fsp3) is 0.250. The Morgan fingerprint density at radius 3 is 1.90 bits per heavy atom. The smallest absolute Gasteiger partial charge is 0.201 e. The number of aromatic nitrogens is 3. The molecular formula is C4H2Cl3N3. The van der Waals surface area contributed by atoms with Crippen molar-refractivity contribution in [1.29, 1.82) is 0 Å². The van der Waals surface area contributed by atoms with Crippen molar-refractivity contribution in [3.8, 4) is 0 Å². The molecule has 0 amide bonds. The predicted molar refractivity (Wildman–Crippen MR) is 39.4 cm³/mol. The Balaban J connectivity index is 3.06. The largest absolute Gasteiger partial charge is 0.226 e. The van der Waals surface area contributed by atoms with E-state index >= 15 is 0 Å². The third-order valence-corrected chi connectivity index (χ3v) is 1.32. The summed E-state index contributed by atoms with van der Waals surface area (Å²) in [6.07, 6.45) is 0. The summed E-state index contributed by atoms with van der Waals surface area (Å²) in [4.78, 5) is 10.9. The van der Waals surface area contributed by atoms with E-state index in [0.29, 0.717) is 5.82 Å². The van der Waals surface area contributed by atoms with Gasteiger partial charge >= 0.3 is 0 Å². The molecule has 0 aliphatic rings. The van der Waals surface area contributed by atoms with Gasteiger partial charge in [0.25, 0.3) is 0 Å². The van der Waals surface area contributed by atoms with Crippen LogP contribution in [0.1, 0.15) is 5.82 Å². The van der Waals surface area contributed by atoms with Gasteiger partial charge in [0.2, 0.25) is 10.6 Å². The van der Waals surface area contributed by atoms with Crippen molar-refractivity contribution in [3.05, 3.63) is 16.4 Å². The van der Waals surface area contributed by atoms with Crippen molar-refractivity contribution in [2.75, 3.05) is 0 Å². The molecule has 0 aliphatic carbocycles. The number of hydrogen-bond acceptors (Lipinski definition) is 3. The maximum absolute atomic E-state index is 5.42. The average Bonchev–Trinajstić information content (AvgIpc) is 1.85. The van der Waals surface area contributed by atoms with E-state index < -0.39 is 0 Å². The van der Waals surface area contributed by atoms with Crippen LogP contribution in [0.5, 0.6) is 0 Å². The van der Waals surface area contributed by atoms with E-state index in [1.165, 1.54) is 0 Å². The summed E-state index contributed by atoms with van der Waals surface area (Å²) in [7, 11) is 0. The summed E-state index contributed by atoms with van der Waals surface area (Å²) in [6.45, 7) is 0. The molecule has 54 valence electrons. The van der Waals surface area contributed by atoms with Gasteiger partial charge < -0.3 is 0 Å². The van der Waals surface area contributed by atoms with Gasteiger partial charge in [0.15, 0.2) is 0 Å². The molecule has 0 saturated heterocycles. The van der Waals surface area contributed by atoms with Crippen LogP contribution in [0.15, 0.2) is 0 Å². The highest BCUT2D eigenvalue weighted by Crippen LogP contribution is 2.07. The van der Waals surface area contributed by atoms with Crippen molar-refractivity contribution in [1.82, 2.24) is 15.0 Å². The Morgan fingerprint density at radius 1 is 1.00 bits per heavy atom. The second kappa shape index (κ2) is 3.32. The summed E-state index contributed by atoms with van der Waals surface area (Å²) < 4.78 is 0. The number of hydrogen-bond donors (Lipinski definition) is 0. The molecule has 0 unspecified atom stereocenters. The van der Waals surface area contributed by atoms with E-state index in [4.69, 9.17) is 34.8 Å². The highest BCUT2D eigenvalue weighted by Gasteiger charge is 1.99. The van der Waals surface area contributed by atoms with Crippen molar-refractivity contribution in [3.63, 3.8) is 0 Å². The van der Waals surface area contributed by atoms with Gasteiger partial charge in [-0.15, -0.1) is 11.6 Å². The van der Waals surface area contributed by atoms with E-state index in [2.05, 4.69) is 15.0 Å². The zero-order valence-electron chi connectivity index (χ0n) is 4.68. The first-order valence-corrected chi connectivity index (χ1v) is 3.63. The molecule has 0 bridgehead atoms. The van der Waals surface area contributed by atoms with Crippen LogP contribution in [0, 0.1) is 0 Å². The van der Waals surface area contributed by atoms with Gasteiger partial charge in [0.1, 0.15) is 5.82 Å². The van der Waals surface area contributed by atoms with Gasteiger partial charge in [-0.05, 0) is 23.2 Å². The lowest BCUT2D eigenvalue weighted by atomic mass is 10.7. The summed E-state index contributed by atoms with van der Waals surface area (Å²) in [5.74, 6) is 0.564. The molecule has 1 rings (SSSR count). The lowest BCUT2D eigenvalue weighted by molar-refractivity contribution is 0.960. The highest BCUT2D eigenvalue weighted by atomic mass is 35.5. The molecule has 0 atom stereocenters. The zero-order valence-corrected chi connectivity index (χ0v) is 6.95. The molecule has 1 aromatic heterocycles. The van der Waals surface area contributed by atoms with E-state index in [1.807, 2.05) is 0 Å². The quantitative estimate of drug-likeness (QED) is 0.647. The van der Waals surface area contributed by atoms with Crippen molar-refractivity contribution < 1.29 is 0 Å². The van der Waals surface area contributed by atoms with Gasteiger partial charge in [-0.25, -0.2) is 9.97 Å². The van der Waals surface area contributed by atoms with Crippen molar-refractivity contribution in [2.45, 2.75) is 5.88 Å². The van der Waals surface area contributed by atoms with Gasteiger partial charge in [-0.3, -0.25) is 0 Å². The highest BCUT2D eigenvalue weighted by molar-refractivity contribution is 6.31. The molecule has 0 spiro atoms. The van der Waals surface area contributed by atoms with Crippen LogP contribution in [0.4, 0.5) is 0 Å². The standard InChI is InChI=1S/C4H2Cl3N3/c5-1-2-8-3(6)10-4(7)9-2/h1H2. The Morgan fingerprint density at radius 2 is 1.50 bits per heavy atom. The van der Waals surface area contributed by atoms with E-state index in [0.717, 1.165) is 0 Å². The molecule has 0 N–H and O–H groups in total. The summed E-state index contributed by atoms with van der Waals surface area (Å²) in [6, 6.07) is 0. The summed E-state index contributed by atoms with van der Waals surface area (Å²) in [5, 5.41) is 0.131. The molecule has 1 aromatic rings. The first kappa shape index (κ1) is 7.98. The number of alkyl halides is 1. The molecule has 0 aromatic carbocycles. The zero-order chi connectivity index (χ0) is 7.56. The third kappa shape index (κ3) is 1.94. The lowest BCUT2D eigenvalue weighted by Gasteiger charge is -1.93. The third-order valence-electron chi connectivity index (χ3n) is 0.747. The monoisotopic (exact) mass is 197 g/mol. The Hall–Kier alpha value is -0.120. The lowest BCUT2D eigenvalue weighted by Crippen LogP contribution is -1.94. The van der Waals surface area contributed by atoms with Crippen LogP contribution >= 0.6 is 34.8 Å². The SMILES string of the molecule is ClCc1nc(Cl)nc(Cl)n1. The number of rotatable bonds is 1. The number of nitrogens with zero attached hydrogens (tertiary/aromatic N) is 3. The fourth-order valence-electron chi connectivity index (χ4n) is 0.424. The predicted octanol–water partition coefficient (Wildman–Crippen LogP) is 1.92. The Bertz CT molecular complexity index is 219. The number of halogens is 3. The minimum atomic E-state index is 0.0654. The summed E-state index contributed by atoms with van der Waals surface area (Å²) >= 11 is 16.2. The fourth-order valence-corrected chi connectivity index (χ4v) is 0.942. The van der Waals surface area contributed by atoms with Crippen molar-refractivity contribution in [2.24, 2.45) is 0 Å². The molecule has 0 fully saturated rings. The molecular weight excluding hydrogens is 196 g/mol. The van der Waals surface area contributed by atoms with Gasteiger partial charge in [-0.1, -0.05) is 0 Å². The van der Waals surface area contributed by atoms with Crippen LogP contribution < -0.4 is 0 Å². The molecule has 1 heterocycles. The maximum atomic E-state index is 5.42. The Kier molecular flexibility index (Phi) is 2.65. The van der Waals surface area contributed by atoms with Crippen molar-refractivity contribution >= 4 is 34.8 Å². The van der Waals surface area contributed by atoms with Crippen LogP contribution in [-0.2, 0) is 5.88 Å². The summed E-state index contributed by atoms with van der Waals surface area (Å²) in [5.41, 5.74) is 0. The van der Waals surface area contributed by atoms with Gasteiger partial charge in [-0.2, -0.15) is 4.98 Å². The van der Waals surface area contributed by atoms with E-state index in [1.54, 1.807) is 0 Å². The van der Waals surface area contributed by atoms with Crippen LogP contribution in [0.3, 0.4) is 0 Å². The molecule has 3 nitrogen and oxygen atoms in total.